The molecule has 0 amide bonds. The lowest BCUT2D eigenvalue weighted by atomic mass is 10.0. The summed E-state index contributed by atoms with van der Waals surface area (Å²) in [7, 11) is 0. The molecule has 0 aliphatic carbocycles. The van der Waals surface area contributed by atoms with Gasteiger partial charge in [0.1, 0.15) is 11.5 Å². The molecule has 2 heterocycles. The second kappa shape index (κ2) is 6.61. The standard InChI is InChI=1S/C22H16O5/c1-13-5-3-6-15(9-13)11-19-21(23)20-14(2)10-16(12-18(20)27-19)26-22(24)17-7-4-8-25-17/h3-12H,1-2H3/b19-11-. The van der Waals surface area contributed by atoms with Crippen LogP contribution in [0.1, 0.15) is 37.6 Å². The van der Waals surface area contributed by atoms with Crippen LogP contribution >= 0.6 is 0 Å². The number of fused-ring (bicyclic) bond motifs is 1. The van der Waals surface area contributed by atoms with Gasteiger partial charge in [-0.25, -0.2) is 4.79 Å². The summed E-state index contributed by atoms with van der Waals surface area (Å²) < 4.78 is 16.1. The number of Topliss-reactive ketones (excluding diaryl/α,β-unsaturated/α-hetero) is 1. The van der Waals surface area contributed by atoms with Gasteiger partial charge in [0.15, 0.2) is 5.76 Å². The van der Waals surface area contributed by atoms with E-state index in [1.54, 1.807) is 25.1 Å². The number of hydrogen-bond donors (Lipinski definition) is 0. The number of furan rings is 1. The molecule has 3 aromatic rings. The Morgan fingerprint density at radius 2 is 1.93 bits per heavy atom. The van der Waals surface area contributed by atoms with E-state index in [2.05, 4.69) is 0 Å². The molecule has 0 saturated heterocycles. The number of ketones is 1. The Labute approximate surface area is 155 Å². The maximum absolute atomic E-state index is 12.7. The highest BCUT2D eigenvalue weighted by Crippen LogP contribution is 2.37. The highest BCUT2D eigenvalue weighted by molar-refractivity contribution is 6.15. The number of esters is 1. The number of carbonyl (C=O) groups is 2. The summed E-state index contributed by atoms with van der Waals surface area (Å²) in [5, 5.41) is 0. The van der Waals surface area contributed by atoms with Crippen LogP contribution in [0.2, 0.25) is 0 Å². The quantitative estimate of drug-likeness (QED) is 0.384. The van der Waals surface area contributed by atoms with Crippen molar-refractivity contribution in [1.82, 2.24) is 0 Å². The van der Waals surface area contributed by atoms with Crippen LogP contribution in [0, 0.1) is 13.8 Å². The summed E-state index contributed by atoms with van der Waals surface area (Å²) in [6.07, 6.45) is 3.11. The van der Waals surface area contributed by atoms with Crippen molar-refractivity contribution in [1.29, 1.82) is 0 Å². The SMILES string of the molecule is Cc1cccc(/C=C2\Oc3cc(OC(=O)c4ccco4)cc(C)c3C2=O)c1. The third kappa shape index (κ3) is 3.27. The van der Waals surface area contributed by atoms with Crippen LogP contribution in [0.25, 0.3) is 6.08 Å². The van der Waals surface area contributed by atoms with Gasteiger partial charge in [-0.05, 0) is 49.2 Å². The lowest BCUT2D eigenvalue weighted by Crippen LogP contribution is -2.07. The largest absolute Gasteiger partial charge is 0.457 e. The molecule has 1 aliphatic rings. The van der Waals surface area contributed by atoms with Gasteiger partial charge in [-0.2, -0.15) is 0 Å². The Hall–Kier alpha value is -3.60. The van der Waals surface area contributed by atoms with E-state index >= 15 is 0 Å². The van der Waals surface area contributed by atoms with Crippen LogP contribution in [0.3, 0.4) is 0 Å². The van der Waals surface area contributed by atoms with Crippen molar-refractivity contribution in [2.45, 2.75) is 13.8 Å². The van der Waals surface area contributed by atoms with Crippen molar-refractivity contribution in [3.8, 4) is 11.5 Å². The Kier molecular flexibility index (Phi) is 4.12. The minimum atomic E-state index is -0.612. The topological polar surface area (TPSA) is 65.7 Å². The molecule has 1 aromatic heterocycles. The summed E-state index contributed by atoms with van der Waals surface area (Å²) in [6, 6.07) is 14.1. The first-order valence-corrected chi connectivity index (χ1v) is 8.42. The molecule has 0 unspecified atom stereocenters. The fourth-order valence-electron chi connectivity index (χ4n) is 3.00. The first-order chi connectivity index (χ1) is 13.0. The van der Waals surface area contributed by atoms with E-state index in [1.165, 1.54) is 18.4 Å². The summed E-state index contributed by atoms with van der Waals surface area (Å²) in [5.41, 5.74) is 3.13. The highest BCUT2D eigenvalue weighted by Gasteiger charge is 2.30. The number of hydrogen-bond acceptors (Lipinski definition) is 5. The van der Waals surface area contributed by atoms with Crippen molar-refractivity contribution >= 4 is 17.8 Å². The molecule has 27 heavy (non-hydrogen) atoms. The second-order valence-corrected chi connectivity index (χ2v) is 6.33. The van der Waals surface area contributed by atoms with Crippen LogP contribution < -0.4 is 9.47 Å². The molecule has 1 aliphatic heterocycles. The zero-order valence-corrected chi connectivity index (χ0v) is 14.8. The third-order valence-corrected chi connectivity index (χ3v) is 4.22. The zero-order valence-electron chi connectivity index (χ0n) is 14.8. The maximum Gasteiger partial charge on any atom is 0.379 e. The van der Waals surface area contributed by atoms with E-state index < -0.39 is 5.97 Å². The number of ether oxygens (including phenoxy) is 2. The number of aryl methyl sites for hydroxylation is 2. The molecule has 5 nitrogen and oxygen atoms in total. The van der Waals surface area contributed by atoms with E-state index in [-0.39, 0.29) is 23.1 Å². The molecule has 0 fully saturated rings. The number of allylic oxidation sites excluding steroid dienone is 1. The van der Waals surface area contributed by atoms with E-state index in [9.17, 15) is 9.59 Å². The molecule has 0 N–H and O–H groups in total. The van der Waals surface area contributed by atoms with Gasteiger partial charge in [0.25, 0.3) is 0 Å². The molecule has 0 atom stereocenters. The van der Waals surface area contributed by atoms with E-state index in [0.717, 1.165) is 11.1 Å². The molecule has 0 radical (unpaired) electrons. The molecular weight excluding hydrogens is 344 g/mol. The molecule has 0 spiro atoms. The minimum Gasteiger partial charge on any atom is -0.457 e. The third-order valence-electron chi connectivity index (χ3n) is 4.22. The summed E-state index contributed by atoms with van der Waals surface area (Å²) >= 11 is 0. The predicted octanol–water partition coefficient (Wildman–Crippen LogP) is 4.73. The molecule has 2 aromatic carbocycles. The van der Waals surface area contributed by atoms with Gasteiger partial charge < -0.3 is 13.9 Å². The monoisotopic (exact) mass is 360 g/mol. The Bertz CT molecular complexity index is 1070. The fraction of sp³-hybridized carbons (Fsp3) is 0.0909. The molecule has 5 heteroatoms. The van der Waals surface area contributed by atoms with Crippen LogP contribution in [0.5, 0.6) is 11.5 Å². The van der Waals surface area contributed by atoms with Crippen molar-refractivity contribution in [3.05, 3.63) is 88.6 Å². The van der Waals surface area contributed by atoms with Crippen molar-refractivity contribution in [2.24, 2.45) is 0 Å². The van der Waals surface area contributed by atoms with Gasteiger partial charge in [0.2, 0.25) is 11.5 Å². The van der Waals surface area contributed by atoms with E-state index in [1.807, 2.05) is 31.2 Å². The zero-order chi connectivity index (χ0) is 19.0. The number of rotatable bonds is 3. The summed E-state index contributed by atoms with van der Waals surface area (Å²) in [4.78, 5) is 24.8. The number of carbonyl (C=O) groups excluding carboxylic acids is 2. The van der Waals surface area contributed by atoms with Crippen molar-refractivity contribution < 1.29 is 23.5 Å². The smallest absolute Gasteiger partial charge is 0.379 e. The fourth-order valence-corrected chi connectivity index (χ4v) is 3.00. The first-order valence-electron chi connectivity index (χ1n) is 8.42. The molecular formula is C22H16O5. The molecule has 134 valence electrons. The molecule has 4 rings (SSSR count). The van der Waals surface area contributed by atoms with Gasteiger partial charge in [0.05, 0.1) is 11.8 Å². The van der Waals surface area contributed by atoms with E-state index in [4.69, 9.17) is 13.9 Å². The summed E-state index contributed by atoms with van der Waals surface area (Å²) in [6.45, 7) is 3.76. The Balaban J connectivity index is 1.63. The van der Waals surface area contributed by atoms with Crippen molar-refractivity contribution in [2.75, 3.05) is 0 Å². The minimum absolute atomic E-state index is 0.102. The van der Waals surface area contributed by atoms with Crippen LogP contribution in [0.15, 0.2) is 65.0 Å². The van der Waals surface area contributed by atoms with Gasteiger partial charge >= 0.3 is 5.97 Å². The van der Waals surface area contributed by atoms with Gasteiger partial charge in [-0.3, -0.25) is 4.79 Å². The Morgan fingerprint density at radius 1 is 1.07 bits per heavy atom. The average molecular weight is 360 g/mol. The van der Waals surface area contributed by atoms with Gasteiger partial charge in [-0.15, -0.1) is 0 Å². The van der Waals surface area contributed by atoms with Crippen molar-refractivity contribution in [3.63, 3.8) is 0 Å². The highest BCUT2D eigenvalue weighted by atomic mass is 16.5. The molecule has 0 saturated carbocycles. The normalized spacial score (nSPS) is 14.1. The lowest BCUT2D eigenvalue weighted by Gasteiger charge is -2.06. The molecule has 0 bridgehead atoms. The van der Waals surface area contributed by atoms with Crippen LogP contribution in [-0.4, -0.2) is 11.8 Å². The van der Waals surface area contributed by atoms with Gasteiger partial charge in [0, 0.05) is 6.07 Å². The maximum atomic E-state index is 12.7. The predicted molar refractivity (Wildman–Crippen MR) is 99.0 cm³/mol. The Morgan fingerprint density at radius 3 is 2.67 bits per heavy atom. The van der Waals surface area contributed by atoms with Crippen LogP contribution in [-0.2, 0) is 0 Å². The number of benzene rings is 2. The first kappa shape index (κ1) is 16.8. The lowest BCUT2D eigenvalue weighted by molar-refractivity contribution is 0.0701. The average Bonchev–Trinajstić information content (AvgIpc) is 3.24. The summed E-state index contributed by atoms with van der Waals surface area (Å²) in [5.74, 6) is 0.212. The second-order valence-electron chi connectivity index (χ2n) is 6.33. The van der Waals surface area contributed by atoms with Gasteiger partial charge in [-0.1, -0.05) is 29.8 Å². The van der Waals surface area contributed by atoms with E-state index in [0.29, 0.717) is 16.9 Å². The van der Waals surface area contributed by atoms with Crippen LogP contribution in [0.4, 0.5) is 0 Å².